The second-order valence-electron chi connectivity index (χ2n) is 4.88. The van der Waals surface area contributed by atoms with Gasteiger partial charge in [-0.2, -0.15) is 0 Å². The van der Waals surface area contributed by atoms with Crippen LogP contribution in [-0.4, -0.2) is 6.10 Å². The molecule has 4 nitrogen and oxygen atoms in total. The Hall–Kier alpha value is -1.45. The molecular weight excluding hydrogens is 299 g/mol. The van der Waals surface area contributed by atoms with Crippen LogP contribution in [0.1, 0.15) is 18.1 Å². The zero-order chi connectivity index (χ0) is 15.8. The third-order valence-electron chi connectivity index (χ3n) is 2.77. The summed E-state index contributed by atoms with van der Waals surface area (Å²) in [6, 6.07) is 18.9. The van der Waals surface area contributed by atoms with Gasteiger partial charge in [-0.15, -0.1) is 0 Å². The van der Waals surface area contributed by atoms with Crippen molar-refractivity contribution in [3.63, 3.8) is 0 Å². The molecule has 2 aromatic rings. The normalized spacial score (nSPS) is 11.8. The monoisotopic (exact) mass is 319 g/mol. The summed E-state index contributed by atoms with van der Waals surface area (Å²) in [5, 5.41) is 0. The first-order valence-corrected chi connectivity index (χ1v) is 8.52. The molecule has 0 aliphatic rings. The van der Waals surface area contributed by atoms with E-state index < -0.39 is 13.9 Å². The van der Waals surface area contributed by atoms with E-state index in [1.165, 1.54) is 0 Å². The summed E-state index contributed by atoms with van der Waals surface area (Å²) in [6.45, 7) is 5.67. The zero-order valence-electron chi connectivity index (χ0n) is 12.6. The van der Waals surface area contributed by atoms with E-state index in [4.69, 9.17) is 13.6 Å². The van der Waals surface area contributed by atoms with Gasteiger partial charge >= 0.3 is 7.82 Å². The van der Waals surface area contributed by atoms with E-state index in [0.29, 0.717) is 0 Å². The van der Waals surface area contributed by atoms with Crippen molar-refractivity contribution in [2.24, 2.45) is 0 Å². The van der Waals surface area contributed by atoms with Gasteiger partial charge in [-0.25, -0.2) is 4.57 Å². The number of rotatable bonds is 8. The largest absolute Gasteiger partial charge is 0.475 e. The molecule has 0 aliphatic carbocycles. The molecule has 1 atom stereocenters. The molecule has 0 heterocycles. The lowest BCUT2D eigenvalue weighted by molar-refractivity contribution is 0.0889. The van der Waals surface area contributed by atoms with Crippen LogP contribution in [0.15, 0.2) is 60.7 Å². The maximum atomic E-state index is 12.7. The molecule has 0 saturated carbocycles. The number of hydrogen-bond donors (Lipinski definition) is 0. The Morgan fingerprint density at radius 3 is 1.68 bits per heavy atom. The second-order valence-corrected chi connectivity index (χ2v) is 6.50. The van der Waals surface area contributed by atoms with Crippen LogP contribution >= 0.6 is 7.82 Å². The number of benzene rings is 2. The van der Waals surface area contributed by atoms with Crippen molar-refractivity contribution in [1.29, 1.82) is 0 Å². The van der Waals surface area contributed by atoms with Crippen molar-refractivity contribution in [2.75, 3.05) is 0 Å². The second kappa shape index (κ2) is 8.25. The van der Waals surface area contributed by atoms with E-state index in [9.17, 15) is 4.57 Å². The standard InChI is InChI=1S/C17H20O4P/c1-15(2)21-22(18,19-13-16-9-5-3-6-10-16)20-14-17-11-7-4-8-12-17/h3-12,15H,1,13-14H2,2H3/t15-/m0/s1. The Morgan fingerprint density at radius 1 is 0.909 bits per heavy atom. The summed E-state index contributed by atoms with van der Waals surface area (Å²) >= 11 is 0. The first kappa shape index (κ1) is 16.9. The lowest BCUT2D eigenvalue weighted by Gasteiger charge is -2.20. The van der Waals surface area contributed by atoms with Gasteiger partial charge in [0.05, 0.1) is 19.3 Å². The fraction of sp³-hybridized carbons (Fsp3) is 0.235. The van der Waals surface area contributed by atoms with Crippen molar-refractivity contribution in [3.8, 4) is 0 Å². The van der Waals surface area contributed by atoms with Crippen molar-refractivity contribution >= 4 is 7.82 Å². The van der Waals surface area contributed by atoms with Crippen LogP contribution in [0.2, 0.25) is 0 Å². The van der Waals surface area contributed by atoms with Crippen LogP contribution in [0.5, 0.6) is 0 Å². The Morgan fingerprint density at radius 2 is 1.32 bits per heavy atom. The molecule has 0 fully saturated rings. The SMILES string of the molecule is [CH2][C@@H](C)OP(=O)(OCc1ccccc1)OCc1ccccc1. The molecule has 2 aromatic carbocycles. The molecule has 0 aliphatic heterocycles. The summed E-state index contributed by atoms with van der Waals surface area (Å²) in [6.07, 6.45) is -0.502. The average molecular weight is 319 g/mol. The van der Waals surface area contributed by atoms with E-state index in [0.717, 1.165) is 11.1 Å². The van der Waals surface area contributed by atoms with Crippen LogP contribution in [0.4, 0.5) is 0 Å². The van der Waals surface area contributed by atoms with Gasteiger partial charge in [0.25, 0.3) is 0 Å². The molecule has 117 valence electrons. The van der Waals surface area contributed by atoms with Crippen LogP contribution in [0, 0.1) is 6.92 Å². The maximum absolute atomic E-state index is 12.7. The number of phosphoric ester groups is 1. The highest BCUT2D eigenvalue weighted by atomic mass is 31.2. The molecule has 0 bridgehead atoms. The van der Waals surface area contributed by atoms with E-state index in [2.05, 4.69) is 6.92 Å². The summed E-state index contributed by atoms with van der Waals surface area (Å²) in [4.78, 5) is 0. The average Bonchev–Trinajstić information content (AvgIpc) is 2.53. The minimum Gasteiger partial charge on any atom is -0.284 e. The molecule has 0 unspecified atom stereocenters. The van der Waals surface area contributed by atoms with Gasteiger partial charge in [-0.1, -0.05) is 60.7 Å². The highest BCUT2D eigenvalue weighted by molar-refractivity contribution is 7.48. The fourth-order valence-electron chi connectivity index (χ4n) is 1.77. The highest BCUT2D eigenvalue weighted by Crippen LogP contribution is 2.51. The number of phosphoric acid groups is 1. The summed E-state index contributed by atoms with van der Waals surface area (Å²) in [5.41, 5.74) is 1.79. The molecule has 0 spiro atoms. The predicted molar refractivity (Wildman–Crippen MR) is 86.0 cm³/mol. The molecule has 1 radical (unpaired) electrons. The molecule has 0 amide bonds. The summed E-state index contributed by atoms with van der Waals surface area (Å²) < 4.78 is 28.8. The smallest absolute Gasteiger partial charge is 0.284 e. The minimum atomic E-state index is -3.67. The molecule has 0 aromatic heterocycles. The van der Waals surface area contributed by atoms with E-state index in [1.807, 2.05) is 60.7 Å². The third-order valence-corrected chi connectivity index (χ3v) is 4.28. The fourth-order valence-corrected chi connectivity index (χ4v) is 3.03. The molecular formula is C17H20O4P. The Labute approximate surface area is 131 Å². The van der Waals surface area contributed by atoms with Crippen molar-refractivity contribution in [2.45, 2.75) is 26.2 Å². The van der Waals surface area contributed by atoms with Crippen LogP contribution in [0.3, 0.4) is 0 Å². The van der Waals surface area contributed by atoms with Gasteiger partial charge in [-0.3, -0.25) is 13.6 Å². The first-order valence-electron chi connectivity index (χ1n) is 7.06. The van der Waals surface area contributed by atoms with Crippen LogP contribution in [-0.2, 0) is 31.4 Å². The van der Waals surface area contributed by atoms with Crippen LogP contribution in [0.25, 0.3) is 0 Å². The number of hydrogen-bond acceptors (Lipinski definition) is 4. The van der Waals surface area contributed by atoms with Crippen molar-refractivity contribution < 1.29 is 18.1 Å². The quantitative estimate of drug-likeness (QED) is 0.658. The van der Waals surface area contributed by atoms with Crippen molar-refractivity contribution in [1.82, 2.24) is 0 Å². The molecule has 22 heavy (non-hydrogen) atoms. The van der Waals surface area contributed by atoms with E-state index in [1.54, 1.807) is 6.92 Å². The van der Waals surface area contributed by atoms with Gasteiger partial charge in [0, 0.05) is 0 Å². The molecule has 0 N–H and O–H groups in total. The lowest BCUT2D eigenvalue weighted by atomic mass is 10.2. The van der Waals surface area contributed by atoms with E-state index in [-0.39, 0.29) is 13.2 Å². The topological polar surface area (TPSA) is 44.8 Å². The molecule has 0 saturated heterocycles. The van der Waals surface area contributed by atoms with E-state index >= 15 is 0 Å². The predicted octanol–water partition coefficient (Wildman–Crippen LogP) is 4.77. The lowest BCUT2D eigenvalue weighted by Crippen LogP contribution is -2.06. The Bertz CT molecular complexity index is 551. The third kappa shape index (κ3) is 5.74. The Balaban J connectivity index is 1.98. The summed E-state index contributed by atoms with van der Waals surface area (Å²) in [5.74, 6) is 0. The molecule has 2 rings (SSSR count). The molecule has 5 heteroatoms. The summed E-state index contributed by atoms with van der Waals surface area (Å²) in [7, 11) is -3.67. The van der Waals surface area contributed by atoms with Gasteiger partial charge in [-0.05, 0) is 25.0 Å². The Kier molecular flexibility index (Phi) is 6.34. The van der Waals surface area contributed by atoms with Crippen LogP contribution < -0.4 is 0 Å². The zero-order valence-corrected chi connectivity index (χ0v) is 13.4. The first-order chi connectivity index (χ1) is 10.6. The van der Waals surface area contributed by atoms with Gasteiger partial charge in [0.1, 0.15) is 0 Å². The minimum absolute atomic E-state index is 0.152. The van der Waals surface area contributed by atoms with Gasteiger partial charge in [0.2, 0.25) is 0 Å². The van der Waals surface area contributed by atoms with Gasteiger partial charge in [0.15, 0.2) is 0 Å². The van der Waals surface area contributed by atoms with Crippen molar-refractivity contribution in [3.05, 3.63) is 78.7 Å². The highest BCUT2D eigenvalue weighted by Gasteiger charge is 2.28. The van der Waals surface area contributed by atoms with Gasteiger partial charge < -0.3 is 0 Å². The maximum Gasteiger partial charge on any atom is 0.475 e.